The van der Waals surface area contributed by atoms with Crippen LogP contribution in [0.15, 0.2) is 0 Å². The van der Waals surface area contributed by atoms with Gasteiger partial charge in [-0.3, -0.25) is 0 Å². The first-order valence-corrected chi connectivity index (χ1v) is 11.2. The Morgan fingerprint density at radius 2 is 1.73 bits per heavy atom. The van der Waals surface area contributed by atoms with Crippen LogP contribution in [0.3, 0.4) is 0 Å². The standard InChI is InChI=1S/C21H34S/c1-4-13-6-8-16-15-7-5-14-11-18-19(22-18)12-21(14,3)17(15)9-10-20(13,16)2/h13-19H,4-12H2,1-3H3/t13-,14-,15-,16-,17-,18?,19?,20+,21-/m0/s1. The molecule has 0 spiro atoms. The lowest BCUT2D eigenvalue weighted by atomic mass is 9.45. The molecule has 124 valence electrons. The SMILES string of the molecule is CC[C@H]1CC[C@H]2[C@@H]3CC[C@H]4CC5SC5C[C@]4(C)[C@H]3CC[C@]12C. The van der Waals surface area contributed by atoms with Crippen molar-refractivity contribution in [1.82, 2.24) is 0 Å². The molecule has 4 saturated carbocycles. The lowest BCUT2D eigenvalue weighted by Gasteiger charge is -2.60. The van der Waals surface area contributed by atoms with Crippen LogP contribution >= 0.6 is 11.8 Å². The van der Waals surface area contributed by atoms with Crippen molar-refractivity contribution in [3.63, 3.8) is 0 Å². The second-order valence-corrected chi connectivity index (χ2v) is 11.5. The first-order valence-electron chi connectivity index (χ1n) is 10.2. The van der Waals surface area contributed by atoms with E-state index in [4.69, 9.17) is 0 Å². The third-order valence-electron chi connectivity index (χ3n) is 9.60. The number of fused-ring (bicyclic) bond motifs is 6. The van der Waals surface area contributed by atoms with Gasteiger partial charge in [0.25, 0.3) is 0 Å². The van der Waals surface area contributed by atoms with Gasteiger partial charge in [0.1, 0.15) is 0 Å². The Labute approximate surface area is 141 Å². The quantitative estimate of drug-likeness (QED) is 0.523. The Bertz CT molecular complexity index is 473. The van der Waals surface area contributed by atoms with Gasteiger partial charge >= 0.3 is 0 Å². The molecule has 1 aliphatic heterocycles. The van der Waals surface area contributed by atoms with Gasteiger partial charge in [0.15, 0.2) is 0 Å². The van der Waals surface area contributed by atoms with E-state index in [9.17, 15) is 0 Å². The van der Waals surface area contributed by atoms with E-state index in [-0.39, 0.29) is 0 Å². The minimum Gasteiger partial charge on any atom is -0.153 e. The minimum absolute atomic E-state index is 0.713. The zero-order chi connectivity index (χ0) is 15.1. The number of rotatable bonds is 1. The Hall–Kier alpha value is 0.350. The Morgan fingerprint density at radius 1 is 0.909 bits per heavy atom. The highest BCUT2D eigenvalue weighted by Gasteiger charge is 2.62. The maximum Gasteiger partial charge on any atom is 0.0175 e. The van der Waals surface area contributed by atoms with E-state index in [1.807, 2.05) is 0 Å². The largest absolute Gasteiger partial charge is 0.153 e. The van der Waals surface area contributed by atoms with Crippen molar-refractivity contribution >= 4 is 11.8 Å². The van der Waals surface area contributed by atoms with Gasteiger partial charge in [-0.1, -0.05) is 27.2 Å². The molecule has 22 heavy (non-hydrogen) atoms. The maximum atomic E-state index is 2.73. The van der Waals surface area contributed by atoms with Gasteiger partial charge < -0.3 is 0 Å². The predicted molar refractivity (Wildman–Crippen MR) is 96.1 cm³/mol. The van der Waals surface area contributed by atoms with E-state index in [1.165, 1.54) is 6.42 Å². The van der Waals surface area contributed by atoms with E-state index in [1.54, 1.807) is 51.4 Å². The Balaban J connectivity index is 1.45. The summed E-state index contributed by atoms with van der Waals surface area (Å²) < 4.78 is 0. The average molecular weight is 319 g/mol. The molecule has 1 heterocycles. The van der Waals surface area contributed by atoms with Gasteiger partial charge in [-0.05, 0) is 91.8 Å². The molecule has 0 amide bonds. The Kier molecular flexibility index (Phi) is 3.14. The lowest BCUT2D eigenvalue weighted by Crippen LogP contribution is -2.53. The van der Waals surface area contributed by atoms with Crippen molar-refractivity contribution in [2.45, 2.75) is 89.1 Å². The molecule has 0 aromatic rings. The highest BCUT2D eigenvalue weighted by molar-refractivity contribution is 8.07. The van der Waals surface area contributed by atoms with Crippen LogP contribution in [0.1, 0.15) is 78.6 Å². The highest BCUT2D eigenvalue weighted by atomic mass is 32.2. The third-order valence-corrected chi connectivity index (χ3v) is 11.0. The second-order valence-electron chi connectivity index (χ2n) is 10.0. The van der Waals surface area contributed by atoms with Gasteiger partial charge in [-0.25, -0.2) is 0 Å². The van der Waals surface area contributed by atoms with Crippen molar-refractivity contribution < 1.29 is 0 Å². The van der Waals surface area contributed by atoms with Crippen LogP contribution in [0.4, 0.5) is 0 Å². The lowest BCUT2D eigenvalue weighted by molar-refractivity contribution is -0.106. The van der Waals surface area contributed by atoms with Crippen LogP contribution in [0.5, 0.6) is 0 Å². The summed E-state index contributed by atoms with van der Waals surface area (Å²) in [6.07, 6.45) is 14.0. The molecule has 5 fully saturated rings. The fourth-order valence-corrected chi connectivity index (χ4v) is 9.66. The van der Waals surface area contributed by atoms with E-state index in [0.717, 1.165) is 45.5 Å². The van der Waals surface area contributed by atoms with Gasteiger partial charge in [-0.15, -0.1) is 0 Å². The number of thioether (sulfide) groups is 1. The second kappa shape index (κ2) is 4.70. The van der Waals surface area contributed by atoms with Crippen molar-refractivity contribution in [3.05, 3.63) is 0 Å². The van der Waals surface area contributed by atoms with E-state index < -0.39 is 0 Å². The summed E-state index contributed by atoms with van der Waals surface area (Å²) in [4.78, 5) is 0. The molecule has 2 unspecified atom stereocenters. The third kappa shape index (κ3) is 1.78. The zero-order valence-electron chi connectivity index (χ0n) is 14.8. The summed E-state index contributed by atoms with van der Waals surface area (Å²) in [5.74, 6) is 5.38. The highest BCUT2D eigenvalue weighted by Crippen LogP contribution is 2.70. The van der Waals surface area contributed by atoms with Crippen LogP contribution in [0.25, 0.3) is 0 Å². The van der Waals surface area contributed by atoms with Gasteiger partial charge in [0.05, 0.1) is 0 Å². The molecule has 0 radical (unpaired) electrons. The molecule has 1 heteroatoms. The first-order chi connectivity index (χ1) is 10.6. The number of hydrogen-bond acceptors (Lipinski definition) is 1. The molecule has 0 aromatic carbocycles. The van der Waals surface area contributed by atoms with Gasteiger partial charge in [0.2, 0.25) is 0 Å². The Morgan fingerprint density at radius 3 is 2.55 bits per heavy atom. The van der Waals surface area contributed by atoms with Crippen LogP contribution in [0, 0.1) is 40.4 Å². The van der Waals surface area contributed by atoms with Crippen molar-refractivity contribution in [2.24, 2.45) is 40.4 Å². The predicted octanol–water partition coefficient (Wildman–Crippen LogP) is 6.15. The van der Waals surface area contributed by atoms with Crippen LogP contribution in [-0.2, 0) is 0 Å². The number of hydrogen-bond donors (Lipinski definition) is 0. The van der Waals surface area contributed by atoms with E-state index in [2.05, 4.69) is 32.5 Å². The minimum atomic E-state index is 0.713. The fraction of sp³-hybridized carbons (Fsp3) is 1.00. The molecule has 0 nitrogen and oxygen atoms in total. The summed E-state index contributed by atoms with van der Waals surface area (Å²) >= 11 is 2.33. The normalized spacial score (nSPS) is 62.6. The summed E-state index contributed by atoms with van der Waals surface area (Å²) in [6, 6.07) is 0. The molecule has 0 N–H and O–H groups in total. The van der Waals surface area contributed by atoms with Crippen molar-refractivity contribution in [2.75, 3.05) is 0 Å². The molecule has 0 bridgehead atoms. The zero-order valence-corrected chi connectivity index (χ0v) is 15.6. The van der Waals surface area contributed by atoms with Crippen LogP contribution < -0.4 is 0 Å². The first kappa shape index (κ1) is 14.7. The topological polar surface area (TPSA) is 0 Å². The molecular formula is C21H34S. The molecule has 4 aliphatic carbocycles. The van der Waals surface area contributed by atoms with Crippen LogP contribution in [-0.4, -0.2) is 10.5 Å². The monoisotopic (exact) mass is 318 g/mol. The van der Waals surface area contributed by atoms with Gasteiger partial charge in [-0.2, -0.15) is 11.8 Å². The molecule has 5 aliphatic rings. The summed E-state index contributed by atoms with van der Waals surface area (Å²) in [7, 11) is 0. The molecule has 0 aromatic heterocycles. The summed E-state index contributed by atoms with van der Waals surface area (Å²) in [5.41, 5.74) is 1.43. The van der Waals surface area contributed by atoms with Crippen molar-refractivity contribution in [3.8, 4) is 0 Å². The van der Waals surface area contributed by atoms with E-state index >= 15 is 0 Å². The van der Waals surface area contributed by atoms with Crippen LogP contribution in [0.2, 0.25) is 0 Å². The molecular weight excluding hydrogens is 284 g/mol. The fourth-order valence-electron chi connectivity index (χ4n) is 8.30. The average Bonchev–Trinajstić information content (AvgIpc) is 3.14. The summed E-state index contributed by atoms with van der Waals surface area (Å²) in [5, 5.41) is 2.15. The van der Waals surface area contributed by atoms with Gasteiger partial charge in [0, 0.05) is 10.5 Å². The van der Waals surface area contributed by atoms with Crippen molar-refractivity contribution in [1.29, 1.82) is 0 Å². The smallest absolute Gasteiger partial charge is 0.0175 e. The van der Waals surface area contributed by atoms with E-state index in [0.29, 0.717) is 5.41 Å². The summed E-state index contributed by atoms with van der Waals surface area (Å²) in [6.45, 7) is 7.88. The maximum absolute atomic E-state index is 2.73. The molecule has 5 rings (SSSR count). The molecule has 9 atom stereocenters. The molecule has 1 saturated heterocycles.